The van der Waals surface area contributed by atoms with Crippen molar-refractivity contribution in [2.75, 3.05) is 62.3 Å². The number of para-hydroxylation sites is 1. The fraction of sp³-hybridized carbons (Fsp3) is 0.636. The lowest BCUT2D eigenvalue weighted by molar-refractivity contribution is -0.137. The first-order chi connectivity index (χ1) is 22.4. The van der Waals surface area contributed by atoms with Crippen LogP contribution in [-0.2, 0) is 28.6 Å². The summed E-state index contributed by atoms with van der Waals surface area (Å²) in [7, 11) is 0. The van der Waals surface area contributed by atoms with Crippen LogP contribution < -0.4 is 14.5 Å². The van der Waals surface area contributed by atoms with Gasteiger partial charge >= 0.3 is 18.3 Å². The van der Waals surface area contributed by atoms with Crippen molar-refractivity contribution in [3.63, 3.8) is 0 Å². The summed E-state index contributed by atoms with van der Waals surface area (Å²) < 4.78 is 59.2. The molecule has 1 aromatic heterocycles. The molecule has 6 rings (SSSR count). The van der Waals surface area contributed by atoms with Gasteiger partial charge in [-0.15, -0.1) is 0 Å². The molecule has 0 aliphatic carbocycles. The van der Waals surface area contributed by atoms with Crippen molar-refractivity contribution in [1.82, 2.24) is 19.8 Å². The second kappa shape index (κ2) is 13.4. The Bertz CT molecular complexity index is 1490. The highest BCUT2D eigenvalue weighted by Gasteiger charge is 2.39. The van der Waals surface area contributed by atoms with Crippen LogP contribution in [0.15, 0.2) is 24.3 Å². The van der Waals surface area contributed by atoms with E-state index in [1.165, 1.54) is 12.1 Å². The molecule has 4 aliphatic heterocycles. The largest absolute Gasteiger partial charge is 0.463 e. The molecule has 2 aromatic rings. The Kier molecular flexibility index (Phi) is 9.40. The Balaban J connectivity index is 1.24. The van der Waals surface area contributed by atoms with Crippen molar-refractivity contribution < 1.29 is 32.2 Å². The maximum Gasteiger partial charge on any atom is 0.418 e. The Morgan fingerprint density at radius 3 is 2.62 bits per heavy atom. The number of amides is 1. The number of ether oxygens (including phenoxy) is 3. The summed E-state index contributed by atoms with van der Waals surface area (Å²) >= 11 is 0. The third kappa shape index (κ3) is 7.51. The van der Waals surface area contributed by atoms with Gasteiger partial charge in [0.05, 0.1) is 55.7 Å². The molecule has 5 heterocycles. The first kappa shape index (κ1) is 33.1. The number of benzene rings is 1. The topological polar surface area (TPSA) is 107 Å². The molecule has 11 nitrogen and oxygen atoms in total. The van der Waals surface area contributed by atoms with Crippen LogP contribution in [0.5, 0.6) is 6.01 Å². The fourth-order valence-corrected chi connectivity index (χ4v) is 6.98. The van der Waals surface area contributed by atoms with Crippen molar-refractivity contribution in [1.29, 1.82) is 5.26 Å². The average molecular weight is 658 g/mol. The van der Waals surface area contributed by atoms with Crippen LogP contribution >= 0.6 is 0 Å². The number of likely N-dealkylation sites (tertiary alicyclic amines) is 1. The van der Waals surface area contributed by atoms with Crippen molar-refractivity contribution in [2.24, 2.45) is 0 Å². The SMILES string of the molecule is CC(C)(C)OC(=O)N1CCN(c2nc(OCCCN3C[C@H]4C[C@@H]3CO4)nc3c2CCN(c2ccccc2C(F)(F)F)C3)CC1CC#N. The molecule has 2 bridgehead atoms. The zero-order valence-electron chi connectivity index (χ0n) is 27.1. The van der Waals surface area contributed by atoms with Crippen LogP contribution in [0, 0.1) is 11.3 Å². The highest BCUT2D eigenvalue weighted by molar-refractivity contribution is 5.69. The van der Waals surface area contributed by atoms with Gasteiger partial charge in [-0.3, -0.25) is 4.90 Å². The molecule has 4 aliphatic rings. The third-order valence-electron chi connectivity index (χ3n) is 9.14. The number of rotatable bonds is 8. The number of nitrogens with zero attached hydrogens (tertiary/aromatic N) is 7. The maximum atomic E-state index is 13.9. The summed E-state index contributed by atoms with van der Waals surface area (Å²) in [5, 5.41) is 9.61. The summed E-state index contributed by atoms with van der Waals surface area (Å²) in [5.41, 5.74) is 0.189. The van der Waals surface area contributed by atoms with E-state index in [1.54, 1.807) is 36.6 Å². The van der Waals surface area contributed by atoms with Gasteiger partial charge in [0.2, 0.25) is 0 Å². The molecule has 14 heteroatoms. The Labute approximate surface area is 273 Å². The molecule has 0 saturated carbocycles. The second-order valence-corrected chi connectivity index (χ2v) is 13.6. The highest BCUT2D eigenvalue weighted by Crippen LogP contribution is 2.39. The van der Waals surface area contributed by atoms with Gasteiger partial charge in [-0.25, -0.2) is 4.79 Å². The molecular formula is C33H42F3N7O4. The molecule has 1 aromatic carbocycles. The summed E-state index contributed by atoms with van der Waals surface area (Å²) in [6.45, 7) is 9.96. The lowest BCUT2D eigenvalue weighted by Gasteiger charge is -2.42. The number of aromatic nitrogens is 2. The zero-order chi connectivity index (χ0) is 33.3. The number of halogens is 3. The summed E-state index contributed by atoms with van der Waals surface area (Å²) in [5.74, 6) is 0.634. The van der Waals surface area contributed by atoms with E-state index in [1.807, 2.05) is 4.90 Å². The number of hydrogen-bond donors (Lipinski definition) is 0. The van der Waals surface area contributed by atoms with E-state index in [9.17, 15) is 23.2 Å². The monoisotopic (exact) mass is 657 g/mol. The Morgan fingerprint density at radius 2 is 1.91 bits per heavy atom. The number of anilines is 2. The van der Waals surface area contributed by atoms with Crippen LogP contribution in [0.4, 0.5) is 29.5 Å². The summed E-state index contributed by atoms with van der Waals surface area (Å²) in [6, 6.07) is 7.98. The van der Waals surface area contributed by atoms with Crippen LogP contribution in [0.1, 0.15) is 56.9 Å². The molecule has 3 saturated heterocycles. The van der Waals surface area contributed by atoms with Gasteiger partial charge in [-0.1, -0.05) is 12.1 Å². The van der Waals surface area contributed by atoms with Crippen molar-refractivity contribution in [3.05, 3.63) is 41.1 Å². The third-order valence-corrected chi connectivity index (χ3v) is 9.14. The number of alkyl halides is 3. The predicted molar refractivity (Wildman–Crippen MR) is 167 cm³/mol. The summed E-state index contributed by atoms with van der Waals surface area (Å²) in [4.78, 5) is 30.3. The molecule has 3 atom stereocenters. The number of carbonyl (C=O) groups excluding carboxylic acids is 1. The minimum absolute atomic E-state index is 0.109. The number of hydrogen-bond acceptors (Lipinski definition) is 10. The first-order valence-electron chi connectivity index (χ1n) is 16.3. The molecular weight excluding hydrogens is 615 g/mol. The lowest BCUT2D eigenvalue weighted by atomic mass is 10.0. The number of piperazine rings is 1. The van der Waals surface area contributed by atoms with E-state index < -0.39 is 29.5 Å². The van der Waals surface area contributed by atoms with Crippen LogP contribution in [-0.4, -0.2) is 102 Å². The Morgan fingerprint density at radius 1 is 1.11 bits per heavy atom. The van der Waals surface area contributed by atoms with Gasteiger partial charge in [0.15, 0.2) is 0 Å². The van der Waals surface area contributed by atoms with E-state index in [-0.39, 0.29) is 24.7 Å². The average Bonchev–Trinajstić information content (AvgIpc) is 3.65. The first-order valence-corrected chi connectivity index (χ1v) is 16.3. The van der Waals surface area contributed by atoms with Gasteiger partial charge in [0.1, 0.15) is 11.4 Å². The quantitative estimate of drug-likeness (QED) is 0.373. The van der Waals surface area contributed by atoms with Gasteiger partial charge < -0.3 is 28.9 Å². The van der Waals surface area contributed by atoms with Gasteiger partial charge in [0.25, 0.3) is 0 Å². The minimum Gasteiger partial charge on any atom is -0.463 e. The van der Waals surface area contributed by atoms with Crippen molar-refractivity contribution in [2.45, 2.75) is 83.0 Å². The number of nitriles is 1. The van der Waals surface area contributed by atoms with E-state index >= 15 is 0 Å². The van der Waals surface area contributed by atoms with Crippen LogP contribution in [0.3, 0.4) is 0 Å². The standard InChI is InChI=1S/C33H42F3N7O4/c1-32(2,3)47-31(44)43-15-14-42(18-22(43)9-11-37)29-25-10-13-41(28-8-5-4-7-26(28)33(34,35)36)20-27(25)38-30(39-29)45-16-6-12-40-19-24-17-23(40)21-46-24/h4-5,7-8,22-24H,6,9-10,12-21H2,1-3H3/t22?,23-,24-/m1/s1. The van der Waals surface area contributed by atoms with Crippen LogP contribution in [0.2, 0.25) is 0 Å². The smallest absolute Gasteiger partial charge is 0.418 e. The lowest BCUT2D eigenvalue weighted by Crippen LogP contribution is -2.56. The zero-order valence-corrected chi connectivity index (χ0v) is 27.1. The molecule has 0 N–H and O–H groups in total. The molecule has 0 spiro atoms. The molecule has 1 amide bonds. The maximum absolute atomic E-state index is 13.9. The Hall–Kier alpha value is -3.83. The van der Waals surface area contributed by atoms with Crippen molar-refractivity contribution >= 4 is 17.6 Å². The van der Waals surface area contributed by atoms with Crippen LogP contribution in [0.25, 0.3) is 0 Å². The molecule has 47 heavy (non-hydrogen) atoms. The summed E-state index contributed by atoms with van der Waals surface area (Å²) in [6.07, 6.45) is -2.28. The number of fused-ring (bicyclic) bond motifs is 3. The number of carbonyl (C=O) groups is 1. The van der Waals surface area contributed by atoms with E-state index in [0.29, 0.717) is 62.9 Å². The minimum atomic E-state index is -4.49. The second-order valence-electron chi connectivity index (χ2n) is 13.6. The van der Waals surface area contributed by atoms with E-state index in [2.05, 4.69) is 11.0 Å². The van der Waals surface area contributed by atoms with Crippen molar-refractivity contribution in [3.8, 4) is 12.1 Å². The van der Waals surface area contributed by atoms with Gasteiger partial charge in [-0.05, 0) is 52.2 Å². The van der Waals surface area contributed by atoms with Gasteiger partial charge in [-0.2, -0.15) is 28.4 Å². The molecule has 1 unspecified atom stereocenters. The normalized spacial score (nSPS) is 23.1. The molecule has 3 fully saturated rings. The highest BCUT2D eigenvalue weighted by atomic mass is 19.4. The fourth-order valence-electron chi connectivity index (χ4n) is 6.98. The molecule has 0 radical (unpaired) electrons. The predicted octanol–water partition coefficient (Wildman–Crippen LogP) is 4.64. The number of morpholine rings is 1. The van der Waals surface area contributed by atoms with E-state index in [4.69, 9.17) is 24.2 Å². The van der Waals surface area contributed by atoms with Gasteiger partial charge in [0, 0.05) is 56.6 Å². The van der Waals surface area contributed by atoms with E-state index in [0.717, 1.165) is 44.2 Å². The molecule has 254 valence electrons.